The third-order valence-electron chi connectivity index (χ3n) is 5.42. The van der Waals surface area contributed by atoms with Crippen LogP contribution in [0.2, 0.25) is 0 Å². The molecule has 2 heterocycles. The fourth-order valence-electron chi connectivity index (χ4n) is 3.63. The van der Waals surface area contributed by atoms with Crippen LogP contribution in [0.15, 0.2) is 54.6 Å². The summed E-state index contributed by atoms with van der Waals surface area (Å²) in [5.74, 6) is -0.0482. The zero-order valence-corrected chi connectivity index (χ0v) is 19.7. The Balaban J connectivity index is 1.79. The molecule has 0 fully saturated rings. The van der Waals surface area contributed by atoms with Gasteiger partial charge in [0.15, 0.2) is 0 Å². The number of pyridine rings is 1. The van der Waals surface area contributed by atoms with E-state index < -0.39 is 5.97 Å². The average Bonchev–Trinajstić information content (AvgIpc) is 3.11. The normalized spacial score (nSPS) is 10.8. The van der Waals surface area contributed by atoms with Gasteiger partial charge in [-0.15, -0.1) is 11.3 Å². The van der Waals surface area contributed by atoms with Crippen LogP contribution in [0, 0.1) is 13.8 Å². The number of aromatic nitrogens is 1. The first-order chi connectivity index (χ1) is 15.9. The van der Waals surface area contributed by atoms with E-state index in [1.165, 1.54) is 11.3 Å². The van der Waals surface area contributed by atoms with Crippen molar-refractivity contribution in [1.29, 1.82) is 0 Å². The number of carbonyl (C=O) groups excluding carboxylic acids is 2. The molecule has 0 aliphatic heterocycles. The van der Waals surface area contributed by atoms with Crippen LogP contribution in [-0.4, -0.2) is 30.6 Å². The van der Waals surface area contributed by atoms with Gasteiger partial charge >= 0.3 is 5.97 Å². The van der Waals surface area contributed by atoms with Gasteiger partial charge in [-0.1, -0.05) is 30.3 Å². The predicted octanol–water partition coefficient (Wildman–Crippen LogP) is 6.02. The van der Waals surface area contributed by atoms with E-state index in [1.54, 1.807) is 20.1 Å². The Morgan fingerprint density at radius 1 is 1.06 bits per heavy atom. The molecule has 0 saturated heterocycles. The van der Waals surface area contributed by atoms with E-state index in [0.29, 0.717) is 33.1 Å². The minimum absolute atomic E-state index is 0.263. The van der Waals surface area contributed by atoms with Gasteiger partial charge in [-0.3, -0.25) is 4.79 Å². The first-order valence-corrected chi connectivity index (χ1v) is 11.4. The van der Waals surface area contributed by atoms with Gasteiger partial charge in [0.1, 0.15) is 10.8 Å². The van der Waals surface area contributed by atoms with Crippen LogP contribution < -0.4 is 10.1 Å². The molecule has 0 aliphatic rings. The van der Waals surface area contributed by atoms with Crippen molar-refractivity contribution in [3.63, 3.8) is 0 Å². The van der Waals surface area contributed by atoms with Gasteiger partial charge in [0, 0.05) is 15.8 Å². The Bertz CT molecular complexity index is 1360. The van der Waals surface area contributed by atoms with Gasteiger partial charge < -0.3 is 14.8 Å². The average molecular weight is 461 g/mol. The number of anilines is 1. The number of rotatable bonds is 6. The number of methoxy groups -OCH3 is 1. The van der Waals surface area contributed by atoms with Gasteiger partial charge in [0.05, 0.1) is 36.1 Å². The van der Waals surface area contributed by atoms with E-state index in [0.717, 1.165) is 21.4 Å². The van der Waals surface area contributed by atoms with E-state index in [2.05, 4.69) is 5.32 Å². The van der Waals surface area contributed by atoms with E-state index in [9.17, 15) is 9.59 Å². The summed E-state index contributed by atoms with van der Waals surface area (Å²) in [6.45, 7) is 5.80. The number of carbonyl (C=O) groups is 2. The summed E-state index contributed by atoms with van der Waals surface area (Å²) in [4.78, 5) is 31.7. The minimum Gasteiger partial charge on any atom is -0.497 e. The summed E-state index contributed by atoms with van der Waals surface area (Å²) in [5, 5.41) is 4.16. The molecular weight excluding hydrogens is 436 g/mol. The molecule has 4 aromatic rings. The van der Waals surface area contributed by atoms with E-state index in [1.807, 2.05) is 62.4 Å². The van der Waals surface area contributed by atoms with Gasteiger partial charge in [-0.05, 0) is 50.6 Å². The first kappa shape index (κ1) is 22.5. The Kier molecular flexibility index (Phi) is 6.42. The highest BCUT2D eigenvalue weighted by Gasteiger charge is 2.23. The van der Waals surface area contributed by atoms with Crippen molar-refractivity contribution in [3.05, 3.63) is 76.2 Å². The lowest BCUT2D eigenvalue weighted by Crippen LogP contribution is -2.15. The highest BCUT2D eigenvalue weighted by molar-refractivity contribution is 7.16. The monoisotopic (exact) mass is 460 g/mol. The van der Waals surface area contributed by atoms with Crippen molar-refractivity contribution in [1.82, 2.24) is 4.98 Å². The topological polar surface area (TPSA) is 77.5 Å². The molecular formula is C26H24N2O4S. The third kappa shape index (κ3) is 4.45. The summed E-state index contributed by atoms with van der Waals surface area (Å²) in [6, 6.07) is 16.8. The standard InChI is InChI=1S/C26H24N2O4S/c1-5-32-26(30)23-15(2)16(3)33-25(23)28-24(29)20-14-22(17-9-8-10-18(13-17)31-4)27-21-12-7-6-11-19(20)21/h6-14H,5H2,1-4H3,(H,28,29). The molecule has 0 aliphatic carbocycles. The molecule has 2 aromatic carbocycles. The minimum atomic E-state index is -0.439. The smallest absolute Gasteiger partial charge is 0.341 e. The zero-order chi connectivity index (χ0) is 23.5. The number of benzene rings is 2. The fraction of sp³-hybridized carbons (Fsp3) is 0.192. The van der Waals surface area contributed by atoms with Crippen molar-refractivity contribution in [2.75, 3.05) is 19.0 Å². The van der Waals surface area contributed by atoms with Crippen LogP contribution in [0.4, 0.5) is 5.00 Å². The number of para-hydroxylation sites is 1. The summed E-state index contributed by atoms with van der Waals surface area (Å²) in [6.07, 6.45) is 0. The summed E-state index contributed by atoms with van der Waals surface area (Å²) >= 11 is 1.36. The molecule has 6 nitrogen and oxygen atoms in total. The predicted molar refractivity (Wildman–Crippen MR) is 131 cm³/mol. The van der Waals surface area contributed by atoms with Crippen molar-refractivity contribution >= 4 is 39.1 Å². The van der Waals surface area contributed by atoms with E-state index in [4.69, 9.17) is 14.5 Å². The Labute approximate surface area is 196 Å². The molecule has 0 radical (unpaired) electrons. The number of thiophene rings is 1. The van der Waals surface area contributed by atoms with Crippen LogP contribution >= 0.6 is 11.3 Å². The molecule has 2 aromatic heterocycles. The zero-order valence-electron chi connectivity index (χ0n) is 18.9. The van der Waals surface area contributed by atoms with Crippen molar-refractivity contribution in [3.8, 4) is 17.0 Å². The second-order valence-corrected chi connectivity index (χ2v) is 8.69. The fourth-order valence-corrected chi connectivity index (χ4v) is 4.67. The Hall–Kier alpha value is -3.71. The molecule has 0 unspecified atom stereocenters. The van der Waals surface area contributed by atoms with Crippen LogP contribution in [-0.2, 0) is 4.74 Å². The molecule has 1 N–H and O–H groups in total. The van der Waals surface area contributed by atoms with Crippen LogP contribution in [0.3, 0.4) is 0 Å². The number of nitrogens with zero attached hydrogens (tertiary/aromatic N) is 1. The maximum Gasteiger partial charge on any atom is 0.341 e. The second-order valence-electron chi connectivity index (χ2n) is 7.47. The number of fused-ring (bicyclic) bond motifs is 1. The number of amides is 1. The Morgan fingerprint density at radius 2 is 1.85 bits per heavy atom. The second kappa shape index (κ2) is 9.42. The summed E-state index contributed by atoms with van der Waals surface area (Å²) in [7, 11) is 1.61. The van der Waals surface area contributed by atoms with Gasteiger partial charge in [0.25, 0.3) is 5.91 Å². The lowest BCUT2D eigenvalue weighted by atomic mass is 10.0. The largest absolute Gasteiger partial charge is 0.497 e. The highest BCUT2D eigenvalue weighted by atomic mass is 32.1. The molecule has 0 bridgehead atoms. The highest BCUT2D eigenvalue weighted by Crippen LogP contribution is 2.34. The van der Waals surface area contributed by atoms with Crippen LogP contribution in [0.1, 0.15) is 38.1 Å². The number of aryl methyl sites for hydroxylation is 1. The SMILES string of the molecule is CCOC(=O)c1c(NC(=O)c2cc(-c3cccc(OC)c3)nc3ccccc23)sc(C)c1C. The maximum absolute atomic E-state index is 13.5. The molecule has 0 spiro atoms. The summed E-state index contributed by atoms with van der Waals surface area (Å²) in [5.41, 5.74) is 3.87. The van der Waals surface area contributed by atoms with Crippen molar-refractivity contribution < 1.29 is 19.1 Å². The lowest BCUT2D eigenvalue weighted by Gasteiger charge is -2.12. The van der Waals surface area contributed by atoms with Gasteiger partial charge in [-0.2, -0.15) is 0 Å². The third-order valence-corrected chi connectivity index (χ3v) is 6.54. The number of ether oxygens (including phenoxy) is 2. The first-order valence-electron chi connectivity index (χ1n) is 10.6. The van der Waals surface area contributed by atoms with Gasteiger partial charge in [-0.25, -0.2) is 9.78 Å². The lowest BCUT2D eigenvalue weighted by molar-refractivity contribution is 0.0527. The molecule has 7 heteroatoms. The molecule has 168 valence electrons. The number of esters is 1. The molecule has 1 amide bonds. The van der Waals surface area contributed by atoms with E-state index >= 15 is 0 Å². The Morgan fingerprint density at radius 3 is 2.61 bits per heavy atom. The summed E-state index contributed by atoms with van der Waals surface area (Å²) < 4.78 is 10.6. The molecule has 4 rings (SSSR count). The molecule has 0 atom stereocenters. The molecule has 0 saturated carbocycles. The number of hydrogen-bond donors (Lipinski definition) is 1. The van der Waals surface area contributed by atoms with Crippen LogP contribution in [0.25, 0.3) is 22.2 Å². The van der Waals surface area contributed by atoms with Crippen LogP contribution in [0.5, 0.6) is 5.75 Å². The van der Waals surface area contributed by atoms with E-state index in [-0.39, 0.29) is 12.5 Å². The molecule has 33 heavy (non-hydrogen) atoms. The van der Waals surface area contributed by atoms with Crippen molar-refractivity contribution in [2.45, 2.75) is 20.8 Å². The van der Waals surface area contributed by atoms with Crippen molar-refractivity contribution in [2.24, 2.45) is 0 Å². The quantitative estimate of drug-likeness (QED) is 0.356. The van der Waals surface area contributed by atoms with Gasteiger partial charge in [0.2, 0.25) is 0 Å². The number of nitrogens with one attached hydrogen (secondary N) is 1. The number of hydrogen-bond acceptors (Lipinski definition) is 6. The maximum atomic E-state index is 13.5.